The zero-order chi connectivity index (χ0) is 16.7. The molecule has 0 atom stereocenters. The van der Waals surface area contributed by atoms with Crippen molar-refractivity contribution in [3.05, 3.63) is 40.8 Å². The Kier molecular flexibility index (Phi) is 3.35. The lowest BCUT2D eigenvalue weighted by Gasteiger charge is -2.00. The van der Waals surface area contributed by atoms with Crippen molar-refractivity contribution >= 4 is 34.2 Å². The van der Waals surface area contributed by atoms with E-state index in [0.717, 1.165) is 10.4 Å². The highest BCUT2D eigenvalue weighted by Crippen LogP contribution is 2.25. The molecule has 4 rings (SSSR count). The quantitative estimate of drug-likeness (QED) is 0.597. The minimum Gasteiger partial charge on any atom is -0.289 e. The first-order valence-electron chi connectivity index (χ1n) is 7.20. The predicted octanol–water partition coefficient (Wildman–Crippen LogP) is 2.38. The van der Waals surface area contributed by atoms with Gasteiger partial charge in [0.1, 0.15) is 5.52 Å². The first kappa shape index (κ1) is 14.5. The van der Waals surface area contributed by atoms with E-state index in [-0.39, 0.29) is 11.9 Å². The van der Waals surface area contributed by atoms with Crippen molar-refractivity contribution in [1.82, 2.24) is 30.2 Å². The number of aromatic amines is 1. The Morgan fingerprint density at radius 3 is 2.96 bits per heavy atom. The number of hydrogen-bond acceptors (Lipinski definition) is 6. The van der Waals surface area contributed by atoms with Crippen LogP contribution in [0.1, 0.15) is 15.2 Å². The van der Waals surface area contributed by atoms with Gasteiger partial charge in [0.2, 0.25) is 5.95 Å². The van der Waals surface area contributed by atoms with E-state index in [2.05, 4.69) is 30.8 Å². The van der Waals surface area contributed by atoms with Crippen molar-refractivity contribution in [3.63, 3.8) is 0 Å². The average Bonchev–Trinajstić information content (AvgIpc) is 3.28. The van der Waals surface area contributed by atoms with E-state index in [1.807, 2.05) is 25.1 Å². The van der Waals surface area contributed by atoms with Crippen LogP contribution in [-0.4, -0.2) is 36.1 Å². The zero-order valence-electron chi connectivity index (χ0n) is 12.9. The van der Waals surface area contributed by atoms with Gasteiger partial charge in [-0.1, -0.05) is 5.21 Å². The largest absolute Gasteiger partial charge is 0.289 e. The second-order valence-electron chi connectivity index (χ2n) is 5.29. The number of aromatic nitrogens is 6. The summed E-state index contributed by atoms with van der Waals surface area (Å²) in [5.74, 6) is 0.573. The fourth-order valence-electron chi connectivity index (χ4n) is 2.35. The lowest BCUT2D eigenvalue weighted by atomic mass is 10.2. The summed E-state index contributed by atoms with van der Waals surface area (Å²) in [6.45, 7) is 2.02. The van der Waals surface area contributed by atoms with E-state index in [4.69, 9.17) is 0 Å². The molecule has 0 fully saturated rings. The fraction of sp³-hybridized carbons (Fsp3) is 0.133. The highest BCUT2D eigenvalue weighted by atomic mass is 32.1. The Labute approximate surface area is 140 Å². The van der Waals surface area contributed by atoms with Crippen LogP contribution in [0.25, 0.3) is 21.7 Å². The van der Waals surface area contributed by atoms with Gasteiger partial charge >= 0.3 is 0 Å². The molecule has 1 amide bonds. The SMILES string of the molecule is Cc1ccc(-c2nc(NC(=O)c3ccc4c(c3)nnn4C)n[nH]2)s1. The minimum absolute atomic E-state index is 0.236. The van der Waals surface area contributed by atoms with Crippen LogP contribution < -0.4 is 5.32 Å². The van der Waals surface area contributed by atoms with Crippen LogP contribution in [-0.2, 0) is 7.05 Å². The van der Waals surface area contributed by atoms with Gasteiger partial charge < -0.3 is 0 Å². The molecule has 0 aliphatic rings. The van der Waals surface area contributed by atoms with E-state index >= 15 is 0 Å². The summed E-state index contributed by atoms with van der Waals surface area (Å²) in [4.78, 5) is 18.8. The number of fused-ring (bicyclic) bond motifs is 1. The molecule has 0 aliphatic carbocycles. The van der Waals surface area contributed by atoms with Crippen molar-refractivity contribution < 1.29 is 4.79 Å². The lowest BCUT2D eigenvalue weighted by molar-refractivity contribution is 0.102. The molecule has 0 bridgehead atoms. The smallest absolute Gasteiger partial charge is 0.258 e. The molecule has 0 spiro atoms. The van der Waals surface area contributed by atoms with Gasteiger partial charge in [0.05, 0.1) is 10.4 Å². The number of rotatable bonds is 3. The Bertz CT molecular complexity index is 1050. The molecule has 1 aromatic carbocycles. The maximum absolute atomic E-state index is 12.4. The molecule has 8 nitrogen and oxygen atoms in total. The number of carbonyl (C=O) groups is 1. The topological polar surface area (TPSA) is 101 Å². The van der Waals surface area contributed by atoms with Crippen LogP contribution in [0, 0.1) is 6.92 Å². The third-order valence-corrected chi connectivity index (χ3v) is 4.56. The first-order chi connectivity index (χ1) is 11.6. The van der Waals surface area contributed by atoms with E-state index in [0.29, 0.717) is 16.9 Å². The number of carbonyl (C=O) groups excluding carboxylic acids is 1. The molecule has 2 N–H and O–H groups in total. The van der Waals surface area contributed by atoms with E-state index in [1.165, 1.54) is 4.88 Å². The Morgan fingerprint density at radius 1 is 1.29 bits per heavy atom. The second-order valence-corrected chi connectivity index (χ2v) is 6.58. The van der Waals surface area contributed by atoms with Gasteiger partial charge in [0.25, 0.3) is 5.91 Å². The molecule has 0 aliphatic heterocycles. The number of H-pyrrole nitrogens is 1. The molecule has 0 saturated heterocycles. The predicted molar refractivity (Wildman–Crippen MR) is 90.9 cm³/mol. The Hall–Kier alpha value is -3.07. The van der Waals surface area contributed by atoms with E-state index < -0.39 is 0 Å². The summed E-state index contributed by atoms with van der Waals surface area (Å²) >= 11 is 1.61. The maximum Gasteiger partial charge on any atom is 0.258 e. The van der Waals surface area contributed by atoms with E-state index in [1.54, 1.807) is 35.2 Å². The van der Waals surface area contributed by atoms with Gasteiger partial charge in [-0.25, -0.2) is 4.68 Å². The zero-order valence-corrected chi connectivity index (χ0v) is 13.8. The van der Waals surface area contributed by atoms with Crippen LogP contribution in [0.3, 0.4) is 0 Å². The van der Waals surface area contributed by atoms with Crippen molar-refractivity contribution in [2.24, 2.45) is 7.05 Å². The standard InChI is InChI=1S/C15H13N7OS/c1-8-3-6-12(24-8)13-16-15(20-19-13)17-14(23)9-4-5-11-10(7-9)18-21-22(11)2/h3-7H,1-2H3,(H2,16,17,19,20,23). The lowest BCUT2D eigenvalue weighted by Crippen LogP contribution is -2.13. The van der Waals surface area contributed by atoms with Gasteiger partial charge in [0, 0.05) is 17.5 Å². The Morgan fingerprint density at radius 2 is 2.17 bits per heavy atom. The first-order valence-corrected chi connectivity index (χ1v) is 8.02. The molecule has 120 valence electrons. The number of nitrogens with one attached hydrogen (secondary N) is 2. The number of aryl methyl sites for hydroxylation is 2. The van der Waals surface area contributed by atoms with Crippen LogP contribution >= 0.6 is 11.3 Å². The number of benzene rings is 1. The summed E-state index contributed by atoms with van der Waals surface area (Å²) < 4.78 is 1.65. The second kappa shape index (κ2) is 5.53. The summed E-state index contributed by atoms with van der Waals surface area (Å²) in [5.41, 5.74) is 2.00. The third kappa shape index (κ3) is 2.54. The molecule has 0 saturated carbocycles. The molecule has 3 heterocycles. The summed E-state index contributed by atoms with van der Waals surface area (Å²) in [6, 6.07) is 9.19. The molecule has 24 heavy (non-hydrogen) atoms. The summed E-state index contributed by atoms with van der Waals surface area (Å²) in [5, 5.41) is 17.5. The van der Waals surface area contributed by atoms with Crippen LogP contribution in [0.15, 0.2) is 30.3 Å². The van der Waals surface area contributed by atoms with E-state index in [9.17, 15) is 4.79 Å². The number of anilines is 1. The van der Waals surface area contributed by atoms with Gasteiger partial charge in [-0.05, 0) is 37.3 Å². The molecule has 0 radical (unpaired) electrons. The molecule has 0 unspecified atom stereocenters. The number of nitrogens with zero attached hydrogens (tertiary/aromatic N) is 5. The monoisotopic (exact) mass is 339 g/mol. The summed E-state index contributed by atoms with van der Waals surface area (Å²) in [6.07, 6.45) is 0. The fourth-order valence-corrected chi connectivity index (χ4v) is 3.15. The summed E-state index contributed by atoms with van der Waals surface area (Å²) in [7, 11) is 1.80. The molecule has 9 heteroatoms. The number of hydrogen-bond donors (Lipinski definition) is 2. The maximum atomic E-state index is 12.4. The highest BCUT2D eigenvalue weighted by Gasteiger charge is 2.13. The molecule has 4 aromatic rings. The molecular weight excluding hydrogens is 326 g/mol. The Balaban J connectivity index is 1.55. The normalized spacial score (nSPS) is 11.1. The van der Waals surface area contributed by atoms with Gasteiger partial charge in [-0.15, -0.1) is 21.5 Å². The third-order valence-electron chi connectivity index (χ3n) is 3.56. The molecular formula is C15H13N7OS. The number of amides is 1. The highest BCUT2D eigenvalue weighted by molar-refractivity contribution is 7.15. The number of thiophene rings is 1. The van der Waals surface area contributed by atoms with Gasteiger partial charge in [-0.3, -0.25) is 15.2 Å². The van der Waals surface area contributed by atoms with Crippen LogP contribution in [0.2, 0.25) is 0 Å². The van der Waals surface area contributed by atoms with Gasteiger partial charge in [0.15, 0.2) is 5.82 Å². The van der Waals surface area contributed by atoms with Crippen molar-refractivity contribution in [2.45, 2.75) is 6.92 Å². The van der Waals surface area contributed by atoms with Crippen molar-refractivity contribution in [1.29, 1.82) is 0 Å². The van der Waals surface area contributed by atoms with Crippen molar-refractivity contribution in [2.75, 3.05) is 5.32 Å². The van der Waals surface area contributed by atoms with Gasteiger partial charge in [-0.2, -0.15) is 4.98 Å². The average molecular weight is 339 g/mol. The molecule has 3 aromatic heterocycles. The van der Waals surface area contributed by atoms with Crippen LogP contribution in [0.4, 0.5) is 5.95 Å². The van der Waals surface area contributed by atoms with Crippen molar-refractivity contribution in [3.8, 4) is 10.7 Å². The van der Waals surface area contributed by atoms with Crippen LogP contribution in [0.5, 0.6) is 0 Å². The minimum atomic E-state index is -0.296.